The topological polar surface area (TPSA) is 12.7 Å². The largest absolute Gasteiger partial charge is 0.347 e. The molecule has 0 amide bonds. The number of hydrogen-bond acceptors (Lipinski definition) is 1. The SMILES string of the molecule is CC(C)(C)n1c2[n+]3c4c(cccc41)Sc1c-3c(cc3ccccc13)C21c2ccccc2-c2cccc[n+]21. The Morgan fingerprint density at radius 1 is 0.811 bits per heavy atom. The van der Waals surface area contributed by atoms with E-state index in [4.69, 9.17) is 0 Å². The molecule has 37 heavy (non-hydrogen) atoms. The molecule has 3 nitrogen and oxygen atoms in total. The molecule has 5 heterocycles. The first-order valence-electron chi connectivity index (χ1n) is 13.0. The first-order valence-corrected chi connectivity index (χ1v) is 13.8. The van der Waals surface area contributed by atoms with Crippen molar-refractivity contribution in [2.75, 3.05) is 0 Å². The monoisotopic (exact) mass is 495 g/mol. The van der Waals surface area contributed by atoms with Gasteiger partial charge in [0.05, 0.1) is 26.5 Å². The van der Waals surface area contributed by atoms with E-state index in [9.17, 15) is 0 Å². The van der Waals surface area contributed by atoms with Crippen LogP contribution in [-0.2, 0) is 11.1 Å². The van der Waals surface area contributed by atoms with Crippen LogP contribution in [0.1, 0.15) is 37.7 Å². The Labute approximate surface area is 219 Å². The van der Waals surface area contributed by atoms with Gasteiger partial charge in [-0.05, 0) is 61.9 Å². The van der Waals surface area contributed by atoms with Crippen LogP contribution in [0.4, 0.5) is 0 Å². The molecule has 0 radical (unpaired) electrons. The normalized spacial score (nSPS) is 18.1. The average Bonchev–Trinajstić information content (AvgIpc) is 3.51. The number of pyridine rings is 1. The summed E-state index contributed by atoms with van der Waals surface area (Å²) in [5.74, 6) is 1.33. The molecule has 3 aliphatic heterocycles. The quantitative estimate of drug-likeness (QED) is 0.213. The van der Waals surface area contributed by atoms with Gasteiger partial charge in [-0.3, -0.25) is 0 Å². The van der Waals surface area contributed by atoms with Crippen molar-refractivity contribution >= 4 is 33.6 Å². The third kappa shape index (κ3) is 2.12. The molecule has 4 aromatic carbocycles. The van der Waals surface area contributed by atoms with Gasteiger partial charge >= 0.3 is 11.4 Å². The molecule has 0 saturated carbocycles. The number of nitrogens with zero attached hydrogens (tertiary/aromatic N) is 3. The van der Waals surface area contributed by atoms with E-state index in [-0.39, 0.29) is 5.54 Å². The lowest BCUT2D eigenvalue weighted by Gasteiger charge is -2.25. The van der Waals surface area contributed by atoms with E-state index in [0.717, 1.165) is 0 Å². The first-order chi connectivity index (χ1) is 18.0. The molecule has 6 aromatic rings. The lowest BCUT2D eigenvalue weighted by molar-refractivity contribution is -0.734. The van der Waals surface area contributed by atoms with Crippen LogP contribution in [0.25, 0.3) is 38.8 Å². The number of rotatable bonds is 0. The fraction of sp³-hybridized carbons (Fsp3) is 0.152. The zero-order valence-corrected chi connectivity index (χ0v) is 21.8. The first kappa shape index (κ1) is 20.2. The number of benzene rings is 4. The van der Waals surface area contributed by atoms with Gasteiger partial charge in [-0.25, -0.2) is 4.57 Å². The molecule has 0 N–H and O–H groups in total. The van der Waals surface area contributed by atoms with Crippen LogP contribution in [0.3, 0.4) is 0 Å². The van der Waals surface area contributed by atoms with Crippen LogP contribution in [0, 0.1) is 0 Å². The molecule has 0 fully saturated rings. The van der Waals surface area contributed by atoms with Gasteiger partial charge in [0.25, 0.3) is 0 Å². The molecule has 4 heteroatoms. The van der Waals surface area contributed by atoms with Gasteiger partial charge in [0, 0.05) is 12.1 Å². The van der Waals surface area contributed by atoms with E-state index in [2.05, 4.69) is 132 Å². The van der Waals surface area contributed by atoms with Crippen LogP contribution in [0.2, 0.25) is 0 Å². The lowest BCUT2D eigenvalue weighted by Crippen LogP contribution is -2.58. The Hall–Kier alpha value is -3.89. The highest BCUT2D eigenvalue weighted by molar-refractivity contribution is 8.00. The van der Waals surface area contributed by atoms with Crippen LogP contribution in [0.15, 0.2) is 107 Å². The minimum Gasteiger partial charge on any atom is -0.215 e. The van der Waals surface area contributed by atoms with E-state index >= 15 is 0 Å². The van der Waals surface area contributed by atoms with Gasteiger partial charge < -0.3 is 0 Å². The lowest BCUT2D eigenvalue weighted by atomic mass is 9.81. The molecule has 0 saturated heterocycles. The number of para-hydroxylation sites is 1. The van der Waals surface area contributed by atoms with Crippen LogP contribution in [-0.4, -0.2) is 4.57 Å². The van der Waals surface area contributed by atoms with E-state index in [1.165, 1.54) is 65.5 Å². The van der Waals surface area contributed by atoms with Crippen molar-refractivity contribution in [3.63, 3.8) is 0 Å². The van der Waals surface area contributed by atoms with Crippen LogP contribution < -0.4 is 9.13 Å². The molecule has 0 bridgehead atoms. The molecule has 1 unspecified atom stereocenters. The van der Waals surface area contributed by atoms with Crippen LogP contribution in [0.5, 0.6) is 0 Å². The van der Waals surface area contributed by atoms with Crippen molar-refractivity contribution < 1.29 is 9.13 Å². The Bertz CT molecular complexity index is 1960. The van der Waals surface area contributed by atoms with Gasteiger partial charge in [-0.2, -0.15) is 9.13 Å². The second-order valence-electron chi connectivity index (χ2n) is 11.4. The highest BCUT2D eigenvalue weighted by Gasteiger charge is 2.69. The molecule has 176 valence electrons. The Balaban J connectivity index is 1.63. The maximum Gasteiger partial charge on any atom is 0.347 e. The number of fused-ring (bicyclic) bond motifs is 9. The fourth-order valence-corrected chi connectivity index (χ4v) is 8.54. The predicted octanol–water partition coefficient (Wildman–Crippen LogP) is 6.71. The Morgan fingerprint density at radius 2 is 1.62 bits per heavy atom. The molecule has 3 aliphatic rings. The number of imidazole rings is 1. The zero-order chi connectivity index (χ0) is 24.7. The highest BCUT2D eigenvalue weighted by Crippen LogP contribution is 2.56. The third-order valence-corrected chi connectivity index (χ3v) is 9.64. The highest BCUT2D eigenvalue weighted by atomic mass is 32.2. The van der Waals surface area contributed by atoms with E-state index in [0.29, 0.717) is 0 Å². The van der Waals surface area contributed by atoms with Gasteiger partial charge in [-0.15, -0.1) is 0 Å². The minimum atomic E-state index is -0.463. The molecule has 2 aromatic heterocycles. The van der Waals surface area contributed by atoms with E-state index in [1.54, 1.807) is 0 Å². The van der Waals surface area contributed by atoms with Crippen LogP contribution >= 0.6 is 11.8 Å². The van der Waals surface area contributed by atoms with Gasteiger partial charge in [0.1, 0.15) is 5.54 Å². The summed E-state index contributed by atoms with van der Waals surface area (Å²) in [5.41, 5.74) is 8.73. The molecule has 1 spiro atoms. The summed E-state index contributed by atoms with van der Waals surface area (Å²) >= 11 is 1.94. The molecule has 1 atom stereocenters. The second kappa shape index (κ2) is 6.32. The van der Waals surface area contributed by atoms with Crippen molar-refractivity contribution in [2.45, 2.75) is 41.6 Å². The number of hydrogen-bond donors (Lipinski definition) is 0. The van der Waals surface area contributed by atoms with Crippen molar-refractivity contribution in [3.05, 3.63) is 114 Å². The summed E-state index contributed by atoms with van der Waals surface area (Å²) in [7, 11) is 0. The molecule has 9 rings (SSSR count). The standard InChI is InChI=1S/C33H25N3S/c1-32(2,3)36-26-16-10-17-27-29(26)35-28-24(19-20-11-4-5-12-21(20)30(28)37-27)33(31(35)36)23-14-7-6-13-22(23)25-15-8-9-18-34(25)33/h4-19H,1-3H3/q+2. The Kier molecular flexibility index (Phi) is 3.45. The molecular weight excluding hydrogens is 470 g/mol. The summed E-state index contributed by atoms with van der Waals surface area (Å²) in [6.07, 6.45) is 2.29. The zero-order valence-electron chi connectivity index (χ0n) is 21.0. The average molecular weight is 496 g/mol. The van der Waals surface area contributed by atoms with Gasteiger partial charge in [-0.1, -0.05) is 60.3 Å². The fourth-order valence-electron chi connectivity index (χ4n) is 7.28. The smallest absolute Gasteiger partial charge is 0.215 e. The third-order valence-electron chi connectivity index (χ3n) is 8.48. The summed E-state index contributed by atoms with van der Waals surface area (Å²) in [6, 6.07) is 33.9. The van der Waals surface area contributed by atoms with Gasteiger partial charge in [0.15, 0.2) is 22.9 Å². The van der Waals surface area contributed by atoms with E-state index in [1.807, 2.05) is 11.8 Å². The number of aromatic nitrogens is 3. The summed E-state index contributed by atoms with van der Waals surface area (Å²) in [5, 5.41) is 2.63. The maximum atomic E-state index is 2.62. The Morgan fingerprint density at radius 3 is 2.51 bits per heavy atom. The summed E-state index contributed by atoms with van der Waals surface area (Å²) < 4.78 is 7.79. The maximum absolute atomic E-state index is 2.62. The van der Waals surface area contributed by atoms with Gasteiger partial charge in [0.2, 0.25) is 5.69 Å². The summed E-state index contributed by atoms with van der Waals surface area (Å²) in [6.45, 7) is 7.03. The van der Waals surface area contributed by atoms with Crippen molar-refractivity contribution in [1.82, 2.24) is 4.57 Å². The minimum absolute atomic E-state index is 0.117. The predicted molar refractivity (Wildman–Crippen MR) is 147 cm³/mol. The molecule has 0 aliphatic carbocycles. The second-order valence-corrected chi connectivity index (χ2v) is 12.5. The summed E-state index contributed by atoms with van der Waals surface area (Å²) in [4.78, 5) is 2.70. The van der Waals surface area contributed by atoms with E-state index < -0.39 is 5.54 Å². The molecular formula is C33H25N3S+2. The van der Waals surface area contributed by atoms with Crippen molar-refractivity contribution in [3.8, 4) is 16.9 Å². The van der Waals surface area contributed by atoms with Crippen molar-refractivity contribution in [2.24, 2.45) is 0 Å². The van der Waals surface area contributed by atoms with Crippen molar-refractivity contribution in [1.29, 1.82) is 0 Å².